The van der Waals surface area contributed by atoms with E-state index in [1.54, 1.807) is 6.20 Å². The fourth-order valence-corrected chi connectivity index (χ4v) is 2.18. The number of rotatable bonds is 7. The molecule has 108 valence electrons. The number of carbonyl (C=O) groups excluding carboxylic acids is 1. The van der Waals surface area contributed by atoms with E-state index in [9.17, 15) is 4.79 Å². The van der Waals surface area contributed by atoms with Crippen LogP contribution in [0.1, 0.15) is 37.9 Å². The van der Waals surface area contributed by atoms with E-state index in [1.165, 1.54) is 0 Å². The quantitative estimate of drug-likeness (QED) is 0.782. The summed E-state index contributed by atoms with van der Waals surface area (Å²) >= 11 is 0. The van der Waals surface area contributed by atoms with Crippen LogP contribution in [0.4, 0.5) is 0 Å². The highest BCUT2D eigenvalue weighted by Crippen LogP contribution is 2.14. The van der Waals surface area contributed by atoms with E-state index in [2.05, 4.69) is 24.3 Å². The summed E-state index contributed by atoms with van der Waals surface area (Å²) in [5.74, 6) is 0.913. The first-order chi connectivity index (χ1) is 8.93. The lowest BCUT2D eigenvalue weighted by molar-refractivity contribution is -0.122. The molecule has 1 heterocycles. The third-order valence-electron chi connectivity index (χ3n) is 3.43. The largest absolute Gasteiger partial charge is 0.352 e. The first-order valence-corrected chi connectivity index (χ1v) is 6.88. The molecule has 5 heteroatoms. The van der Waals surface area contributed by atoms with Crippen LogP contribution in [-0.4, -0.2) is 22.2 Å². The Balaban J connectivity index is 2.40. The van der Waals surface area contributed by atoms with Gasteiger partial charge in [-0.05, 0) is 31.7 Å². The summed E-state index contributed by atoms with van der Waals surface area (Å²) in [6.45, 7) is 7.41. The van der Waals surface area contributed by atoms with Gasteiger partial charge < -0.3 is 11.1 Å². The molecule has 0 unspecified atom stereocenters. The van der Waals surface area contributed by atoms with Gasteiger partial charge in [0.1, 0.15) is 0 Å². The number of aromatic nitrogens is 2. The average molecular weight is 266 g/mol. The molecule has 1 aromatic heterocycles. The minimum atomic E-state index is 0.0688. The van der Waals surface area contributed by atoms with Crippen molar-refractivity contribution in [1.82, 2.24) is 15.1 Å². The van der Waals surface area contributed by atoms with E-state index in [1.807, 2.05) is 18.7 Å². The van der Waals surface area contributed by atoms with Crippen molar-refractivity contribution in [2.75, 3.05) is 6.54 Å². The molecule has 0 aliphatic carbocycles. The van der Waals surface area contributed by atoms with Gasteiger partial charge in [-0.2, -0.15) is 5.10 Å². The zero-order valence-electron chi connectivity index (χ0n) is 12.4. The summed E-state index contributed by atoms with van der Waals surface area (Å²) in [5, 5.41) is 7.10. The van der Waals surface area contributed by atoms with Crippen LogP contribution >= 0.6 is 0 Å². The fourth-order valence-electron chi connectivity index (χ4n) is 2.18. The molecule has 5 nitrogen and oxygen atoms in total. The van der Waals surface area contributed by atoms with E-state index >= 15 is 0 Å². The second kappa shape index (κ2) is 7.28. The molecule has 0 saturated heterocycles. The van der Waals surface area contributed by atoms with Crippen LogP contribution in [0.15, 0.2) is 6.20 Å². The Bertz CT molecular complexity index is 412. The third kappa shape index (κ3) is 5.03. The molecular formula is C14H26N4O. The van der Waals surface area contributed by atoms with Crippen LogP contribution in [-0.2, 0) is 18.4 Å². The minimum Gasteiger partial charge on any atom is -0.352 e. The standard InChI is InChI=1S/C14H26N4O/c1-10(2)5-12(7-15)6-14(19)16-8-13-9-17-18(4)11(13)3/h9-10,12H,5-8,15H2,1-4H3,(H,16,19)/t12-/m0/s1. The molecule has 0 fully saturated rings. The van der Waals surface area contributed by atoms with Gasteiger partial charge >= 0.3 is 0 Å². The van der Waals surface area contributed by atoms with Gasteiger partial charge in [-0.1, -0.05) is 13.8 Å². The summed E-state index contributed by atoms with van der Waals surface area (Å²) in [7, 11) is 1.90. The minimum absolute atomic E-state index is 0.0688. The summed E-state index contributed by atoms with van der Waals surface area (Å²) in [6, 6.07) is 0. The Morgan fingerprint density at radius 1 is 1.53 bits per heavy atom. The van der Waals surface area contributed by atoms with Crippen molar-refractivity contribution in [3.05, 3.63) is 17.5 Å². The molecule has 0 radical (unpaired) electrons. The monoisotopic (exact) mass is 266 g/mol. The number of carbonyl (C=O) groups is 1. The Morgan fingerprint density at radius 2 is 2.21 bits per heavy atom. The Morgan fingerprint density at radius 3 is 2.68 bits per heavy atom. The van der Waals surface area contributed by atoms with Gasteiger partial charge in [0.05, 0.1) is 6.20 Å². The smallest absolute Gasteiger partial charge is 0.220 e. The Labute approximate surface area is 115 Å². The van der Waals surface area contributed by atoms with Crippen LogP contribution in [0.5, 0.6) is 0 Å². The van der Waals surface area contributed by atoms with Crippen LogP contribution in [0, 0.1) is 18.8 Å². The summed E-state index contributed by atoms with van der Waals surface area (Å²) in [5.41, 5.74) is 7.85. The molecule has 0 bridgehead atoms. The maximum atomic E-state index is 11.9. The highest BCUT2D eigenvalue weighted by Gasteiger charge is 2.14. The molecule has 1 amide bonds. The number of amides is 1. The van der Waals surface area contributed by atoms with Crippen LogP contribution < -0.4 is 11.1 Å². The number of hydrogen-bond acceptors (Lipinski definition) is 3. The van der Waals surface area contributed by atoms with Crippen LogP contribution in [0.25, 0.3) is 0 Å². The highest BCUT2D eigenvalue weighted by atomic mass is 16.1. The molecule has 0 aromatic carbocycles. The van der Waals surface area contributed by atoms with Crippen molar-refractivity contribution >= 4 is 5.91 Å². The number of aryl methyl sites for hydroxylation is 1. The second-order valence-corrected chi connectivity index (χ2v) is 5.59. The third-order valence-corrected chi connectivity index (χ3v) is 3.43. The molecule has 0 spiro atoms. The summed E-state index contributed by atoms with van der Waals surface area (Å²) in [6.07, 6.45) is 3.30. The number of nitrogens with two attached hydrogens (primary N) is 1. The average Bonchev–Trinajstić information content (AvgIpc) is 2.66. The van der Waals surface area contributed by atoms with Gasteiger partial charge in [-0.3, -0.25) is 9.48 Å². The van der Waals surface area contributed by atoms with E-state index < -0.39 is 0 Å². The maximum absolute atomic E-state index is 11.9. The van der Waals surface area contributed by atoms with Crippen molar-refractivity contribution in [3.8, 4) is 0 Å². The molecule has 0 aliphatic rings. The lowest BCUT2D eigenvalue weighted by Crippen LogP contribution is -2.28. The maximum Gasteiger partial charge on any atom is 0.220 e. The highest BCUT2D eigenvalue weighted by molar-refractivity contribution is 5.76. The molecule has 0 saturated carbocycles. The van der Waals surface area contributed by atoms with Gasteiger partial charge in [0.2, 0.25) is 5.91 Å². The molecular weight excluding hydrogens is 240 g/mol. The van der Waals surface area contributed by atoms with Gasteiger partial charge in [0, 0.05) is 31.3 Å². The first kappa shape index (κ1) is 15.7. The zero-order valence-corrected chi connectivity index (χ0v) is 12.4. The normalized spacial score (nSPS) is 12.7. The van der Waals surface area contributed by atoms with Gasteiger partial charge in [-0.15, -0.1) is 0 Å². The number of nitrogens with one attached hydrogen (secondary N) is 1. The Kier molecular flexibility index (Phi) is 6.02. The van der Waals surface area contributed by atoms with Gasteiger partial charge in [-0.25, -0.2) is 0 Å². The molecule has 3 N–H and O–H groups in total. The zero-order chi connectivity index (χ0) is 14.4. The number of nitrogens with zero attached hydrogens (tertiary/aromatic N) is 2. The van der Waals surface area contributed by atoms with E-state index in [-0.39, 0.29) is 11.8 Å². The van der Waals surface area contributed by atoms with Crippen molar-refractivity contribution < 1.29 is 4.79 Å². The van der Waals surface area contributed by atoms with Crippen LogP contribution in [0.2, 0.25) is 0 Å². The predicted molar refractivity (Wildman–Crippen MR) is 76.4 cm³/mol. The van der Waals surface area contributed by atoms with E-state index in [0.29, 0.717) is 25.4 Å². The van der Waals surface area contributed by atoms with Crippen molar-refractivity contribution in [2.24, 2.45) is 24.6 Å². The summed E-state index contributed by atoms with van der Waals surface area (Å²) < 4.78 is 1.81. The Hall–Kier alpha value is -1.36. The molecule has 19 heavy (non-hydrogen) atoms. The SMILES string of the molecule is Cc1c(CNC(=O)C[C@@H](CN)CC(C)C)cnn1C. The second-order valence-electron chi connectivity index (χ2n) is 5.59. The van der Waals surface area contributed by atoms with Crippen molar-refractivity contribution in [2.45, 2.75) is 40.2 Å². The molecule has 1 rings (SSSR count). The molecule has 1 atom stereocenters. The van der Waals surface area contributed by atoms with Crippen molar-refractivity contribution in [3.63, 3.8) is 0 Å². The van der Waals surface area contributed by atoms with E-state index in [4.69, 9.17) is 5.73 Å². The first-order valence-electron chi connectivity index (χ1n) is 6.88. The molecule has 1 aromatic rings. The lowest BCUT2D eigenvalue weighted by Gasteiger charge is -2.16. The molecule has 0 aliphatic heterocycles. The summed E-state index contributed by atoms with van der Waals surface area (Å²) in [4.78, 5) is 11.9. The van der Waals surface area contributed by atoms with Gasteiger partial charge in [0.25, 0.3) is 0 Å². The fraction of sp³-hybridized carbons (Fsp3) is 0.714. The van der Waals surface area contributed by atoms with Crippen molar-refractivity contribution in [1.29, 1.82) is 0 Å². The topological polar surface area (TPSA) is 72.9 Å². The van der Waals surface area contributed by atoms with Gasteiger partial charge in [0.15, 0.2) is 0 Å². The number of hydrogen-bond donors (Lipinski definition) is 2. The van der Waals surface area contributed by atoms with E-state index in [0.717, 1.165) is 17.7 Å². The van der Waals surface area contributed by atoms with Crippen LogP contribution in [0.3, 0.4) is 0 Å². The predicted octanol–water partition coefficient (Wildman–Crippen LogP) is 1.36. The lowest BCUT2D eigenvalue weighted by atomic mass is 9.94.